The van der Waals surface area contributed by atoms with Gasteiger partial charge in [0.25, 0.3) is 0 Å². The van der Waals surface area contributed by atoms with E-state index in [1.54, 1.807) is 0 Å². The third kappa shape index (κ3) is 6.38. The average molecular weight is 459 g/mol. The summed E-state index contributed by atoms with van der Waals surface area (Å²) in [5.41, 5.74) is 5.17. The third-order valence-corrected chi connectivity index (χ3v) is 7.05. The number of ether oxygens (including phenoxy) is 1. The number of hydrogen-bond donors (Lipinski definition) is 0. The first-order valence-electron chi connectivity index (χ1n) is 12.7. The van der Waals surface area contributed by atoms with E-state index in [-0.39, 0.29) is 5.91 Å². The van der Waals surface area contributed by atoms with Crippen LogP contribution in [0.3, 0.4) is 0 Å². The summed E-state index contributed by atoms with van der Waals surface area (Å²) in [5.74, 6) is 1.22. The molecule has 1 aliphatic heterocycles. The van der Waals surface area contributed by atoms with Crippen LogP contribution in [0.5, 0.6) is 5.75 Å². The number of carbonyl (C=O) groups is 1. The number of unbranched alkanes of at least 4 members (excludes halogenated alkanes) is 1. The van der Waals surface area contributed by atoms with Crippen molar-refractivity contribution < 1.29 is 9.53 Å². The summed E-state index contributed by atoms with van der Waals surface area (Å²) in [6.07, 6.45) is 4.68. The van der Waals surface area contributed by atoms with E-state index >= 15 is 0 Å². The van der Waals surface area contributed by atoms with Crippen molar-refractivity contribution in [2.75, 3.05) is 39.8 Å². The van der Waals surface area contributed by atoms with Crippen molar-refractivity contribution in [3.8, 4) is 5.75 Å². The molecule has 0 aromatic heterocycles. The van der Waals surface area contributed by atoms with Gasteiger partial charge in [0.05, 0.1) is 13.0 Å². The second-order valence-corrected chi connectivity index (χ2v) is 9.73. The Morgan fingerprint density at radius 1 is 0.882 bits per heavy atom. The van der Waals surface area contributed by atoms with Gasteiger partial charge in [0.15, 0.2) is 0 Å². The summed E-state index contributed by atoms with van der Waals surface area (Å²) in [6, 6.07) is 19.1. The molecule has 0 fully saturated rings. The summed E-state index contributed by atoms with van der Waals surface area (Å²) in [5, 5.41) is 2.46. The van der Waals surface area contributed by atoms with Gasteiger partial charge in [0, 0.05) is 13.1 Å². The number of hydrogen-bond acceptors (Lipinski definition) is 3. The smallest absolute Gasteiger partial charge is 0.227 e. The SMILES string of the molecule is Cc1cc2c(cc1C)CC(=O)N(CCCN(C)CCCCOc1ccc3ccccc3c1)CC2. The second-order valence-electron chi connectivity index (χ2n) is 9.73. The summed E-state index contributed by atoms with van der Waals surface area (Å²) in [7, 11) is 2.18. The van der Waals surface area contributed by atoms with Crippen molar-refractivity contribution >= 4 is 16.7 Å². The van der Waals surface area contributed by atoms with Gasteiger partial charge in [-0.15, -0.1) is 0 Å². The molecule has 0 radical (unpaired) electrons. The Balaban J connectivity index is 1.12. The molecule has 0 aliphatic carbocycles. The minimum atomic E-state index is 0.274. The van der Waals surface area contributed by atoms with Gasteiger partial charge in [0.1, 0.15) is 5.75 Å². The Hall–Kier alpha value is -2.85. The van der Waals surface area contributed by atoms with Crippen LogP contribution in [-0.4, -0.2) is 55.5 Å². The molecule has 180 valence electrons. The van der Waals surface area contributed by atoms with Crippen molar-refractivity contribution in [2.24, 2.45) is 0 Å². The maximum Gasteiger partial charge on any atom is 0.227 e. The molecule has 0 bridgehead atoms. The lowest BCUT2D eigenvalue weighted by Gasteiger charge is -2.22. The molecule has 34 heavy (non-hydrogen) atoms. The lowest BCUT2D eigenvalue weighted by molar-refractivity contribution is -0.130. The van der Waals surface area contributed by atoms with E-state index in [9.17, 15) is 4.79 Å². The van der Waals surface area contributed by atoms with Gasteiger partial charge >= 0.3 is 0 Å². The van der Waals surface area contributed by atoms with E-state index in [0.29, 0.717) is 6.42 Å². The highest BCUT2D eigenvalue weighted by Crippen LogP contribution is 2.22. The van der Waals surface area contributed by atoms with Crippen LogP contribution in [0.15, 0.2) is 54.6 Å². The highest BCUT2D eigenvalue weighted by molar-refractivity contribution is 5.83. The van der Waals surface area contributed by atoms with Crippen LogP contribution in [0.25, 0.3) is 10.8 Å². The van der Waals surface area contributed by atoms with Gasteiger partial charge in [-0.25, -0.2) is 0 Å². The van der Waals surface area contributed by atoms with Gasteiger partial charge in [-0.3, -0.25) is 4.79 Å². The minimum absolute atomic E-state index is 0.274. The van der Waals surface area contributed by atoms with Crippen LogP contribution in [0.2, 0.25) is 0 Å². The number of aryl methyl sites for hydroxylation is 2. The van der Waals surface area contributed by atoms with Crippen LogP contribution < -0.4 is 4.74 Å². The number of amides is 1. The first-order valence-corrected chi connectivity index (χ1v) is 12.7. The third-order valence-electron chi connectivity index (χ3n) is 7.05. The second kappa shape index (κ2) is 11.5. The fraction of sp³-hybridized carbons (Fsp3) is 0.433. The molecule has 3 aromatic rings. The van der Waals surface area contributed by atoms with Gasteiger partial charge in [-0.2, -0.15) is 0 Å². The molecule has 0 spiro atoms. The summed E-state index contributed by atoms with van der Waals surface area (Å²) < 4.78 is 5.96. The Morgan fingerprint density at radius 2 is 1.62 bits per heavy atom. The number of carbonyl (C=O) groups excluding carboxylic acids is 1. The van der Waals surface area contributed by atoms with Crippen molar-refractivity contribution in [3.05, 3.63) is 76.9 Å². The molecule has 4 heteroatoms. The van der Waals surface area contributed by atoms with Crippen molar-refractivity contribution in [1.29, 1.82) is 0 Å². The first kappa shape index (κ1) is 24.3. The predicted octanol–water partition coefficient (Wildman–Crippen LogP) is 5.56. The highest BCUT2D eigenvalue weighted by Gasteiger charge is 2.20. The molecule has 0 saturated carbocycles. The number of benzene rings is 3. The van der Waals surface area contributed by atoms with Crippen LogP contribution in [0.4, 0.5) is 0 Å². The number of fused-ring (bicyclic) bond motifs is 2. The molecule has 3 aromatic carbocycles. The van der Waals surface area contributed by atoms with Crippen LogP contribution >= 0.6 is 0 Å². The lowest BCUT2D eigenvalue weighted by atomic mass is 9.97. The normalized spacial score (nSPS) is 13.9. The van der Waals surface area contributed by atoms with E-state index < -0.39 is 0 Å². The van der Waals surface area contributed by atoms with E-state index in [2.05, 4.69) is 85.3 Å². The molecule has 1 amide bonds. The van der Waals surface area contributed by atoms with Gasteiger partial charge in [-0.1, -0.05) is 42.5 Å². The van der Waals surface area contributed by atoms with Crippen LogP contribution in [0.1, 0.15) is 41.5 Å². The Kier molecular flexibility index (Phi) is 8.23. The summed E-state index contributed by atoms with van der Waals surface area (Å²) in [6.45, 7) is 8.79. The molecule has 0 unspecified atom stereocenters. The fourth-order valence-corrected chi connectivity index (χ4v) is 4.80. The summed E-state index contributed by atoms with van der Waals surface area (Å²) >= 11 is 0. The largest absolute Gasteiger partial charge is 0.494 e. The summed E-state index contributed by atoms with van der Waals surface area (Å²) in [4.78, 5) is 17.2. The molecule has 0 atom stereocenters. The quantitative estimate of drug-likeness (QED) is 0.373. The predicted molar refractivity (Wildman–Crippen MR) is 141 cm³/mol. The van der Waals surface area contributed by atoms with E-state index in [0.717, 1.165) is 64.2 Å². The molecule has 1 aliphatic rings. The van der Waals surface area contributed by atoms with Crippen molar-refractivity contribution in [3.63, 3.8) is 0 Å². The van der Waals surface area contributed by atoms with E-state index in [4.69, 9.17) is 4.74 Å². The Morgan fingerprint density at radius 3 is 2.44 bits per heavy atom. The number of rotatable bonds is 10. The number of nitrogens with zero attached hydrogens (tertiary/aromatic N) is 2. The maximum atomic E-state index is 12.8. The molecular formula is C30H38N2O2. The van der Waals surface area contributed by atoms with E-state index in [1.807, 2.05) is 0 Å². The molecule has 4 rings (SSSR count). The molecular weight excluding hydrogens is 420 g/mol. The monoisotopic (exact) mass is 458 g/mol. The van der Waals surface area contributed by atoms with Gasteiger partial charge < -0.3 is 14.5 Å². The zero-order valence-corrected chi connectivity index (χ0v) is 21.0. The zero-order valence-electron chi connectivity index (χ0n) is 21.0. The van der Waals surface area contributed by atoms with E-state index in [1.165, 1.54) is 33.0 Å². The minimum Gasteiger partial charge on any atom is -0.494 e. The molecule has 0 saturated heterocycles. The van der Waals surface area contributed by atoms with Gasteiger partial charge in [-0.05, 0) is 105 Å². The molecule has 0 N–H and O–H groups in total. The van der Waals surface area contributed by atoms with Gasteiger partial charge in [0.2, 0.25) is 5.91 Å². The van der Waals surface area contributed by atoms with Crippen LogP contribution in [0, 0.1) is 13.8 Å². The standard InChI is InChI=1S/C30H38N2O2/c1-23-19-27-13-17-32(30(33)22-28(27)20-24(23)2)16-8-15-31(3)14-6-7-18-34-29-12-11-25-9-4-5-10-26(25)21-29/h4-5,9-12,19-21H,6-8,13-18,22H2,1-3H3. The zero-order chi connectivity index (χ0) is 23.9. The molecule has 4 nitrogen and oxygen atoms in total. The van der Waals surface area contributed by atoms with Crippen LogP contribution in [-0.2, 0) is 17.6 Å². The Labute approximate surface area is 204 Å². The van der Waals surface area contributed by atoms with Crippen molar-refractivity contribution in [1.82, 2.24) is 9.80 Å². The lowest BCUT2D eigenvalue weighted by Crippen LogP contribution is -2.35. The topological polar surface area (TPSA) is 32.8 Å². The first-order chi connectivity index (χ1) is 16.5. The maximum absolute atomic E-state index is 12.8. The molecule has 1 heterocycles. The Bertz CT molecular complexity index is 1120. The van der Waals surface area contributed by atoms with Crippen molar-refractivity contribution in [2.45, 2.75) is 46.0 Å². The fourth-order valence-electron chi connectivity index (χ4n) is 4.80. The highest BCUT2D eigenvalue weighted by atomic mass is 16.5. The average Bonchev–Trinajstić information content (AvgIpc) is 2.97.